The third kappa shape index (κ3) is 3.45. The smallest absolute Gasteiger partial charge is 0.0134 e. The van der Waals surface area contributed by atoms with E-state index in [-0.39, 0.29) is 0 Å². The molecule has 1 heteroatoms. The first-order chi connectivity index (χ1) is 6.35. The highest BCUT2D eigenvalue weighted by Crippen LogP contribution is 2.45. The lowest BCUT2D eigenvalue weighted by atomic mass is 9.63. The molecule has 0 unspecified atom stereocenters. The Hall–Kier alpha value is -0.300. The van der Waals surface area contributed by atoms with Gasteiger partial charge in [-0.3, -0.25) is 0 Å². The van der Waals surface area contributed by atoms with Crippen molar-refractivity contribution >= 4 is 0 Å². The fourth-order valence-corrected chi connectivity index (χ4v) is 3.24. The highest BCUT2D eigenvalue weighted by Gasteiger charge is 2.37. The van der Waals surface area contributed by atoms with Crippen LogP contribution >= 0.6 is 0 Å². The third-order valence-electron chi connectivity index (χ3n) is 3.11. The molecular weight excluding hydrogens is 170 g/mol. The van der Waals surface area contributed by atoms with Crippen molar-refractivity contribution in [1.29, 1.82) is 0 Å². The van der Waals surface area contributed by atoms with Crippen LogP contribution in [-0.2, 0) is 0 Å². The fourth-order valence-electron chi connectivity index (χ4n) is 3.24. The van der Waals surface area contributed by atoms with Crippen molar-refractivity contribution < 1.29 is 0 Å². The summed E-state index contributed by atoms with van der Waals surface area (Å²) < 4.78 is 0. The molecule has 1 saturated carbocycles. The largest absolute Gasteiger partial charge is 0.310 e. The summed E-state index contributed by atoms with van der Waals surface area (Å²) in [5.74, 6) is 0. The van der Waals surface area contributed by atoms with E-state index in [0.29, 0.717) is 16.9 Å². The van der Waals surface area contributed by atoms with Gasteiger partial charge in [0, 0.05) is 12.6 Å². The molecule has 0 saturated heterocycles. The molecule has 1 fully saturated rings. The molecule has 0 aromatic rings. The first kappa shape index (κ1) is 11.8. The lowest BCUT2D eigenvalue weighted by molar-refractivity contribution is 0.0866. The molecule has 0 aliphatic heterocycles. The summed E-state index contributed by atoms with van der Waals surface area (Å²) >= 11 is 0. The third-order valence-corrected chi connectivity index (χ3v) is 3.11. The Kier molecular flexibility index (Phi) is 3.41. The first-order valence-electron chi connectivity index (χ1n) is 5.69. The predicted octanol–water partition coefficient (Wildman–Crippen LogP) is 3.37. The summed E-state index contributed by atoms with van der Waals surface area (Å²) in [5.41, 5.74) is 0.973. The van der Waals surface area contributed by atoms with Crippen LogP contribution in [-0.4, -0.2) is 12.6 Å². The average molecular weight is 195 g/mol. The van der Waals surface area contributed by atoms with Crippen LogP contribution in [0.15, 0.2) is 12.7 Å². The quantitative estimate of drug-likeness (QED) is 0.681. The van der Waals surface area contributed by atoms with E-state index in [1.54, 1.807) is 0 Å². The molecule has 14 heavy (non-hydrogen) atoms. The van der Waals surface area contributed by atoms with Crippen LogP contribution in [0.3, 0.4) is 0 Å². The van der Waals surface area contributed by atoms with Crippen LogP contribution in [0.2, 0.25) is 0 Å². The van der Waals surface area contributed by atoms with Gasteiger partial charge in [0.1, 0.15) is 0 Å². The Morgan fingerprint density at radius 3 is 2.14 bits per heavy atom. The van der Waals surface area contributed by atoms with E-state index in [4.69, 9.17) is 0 Å². The Labute approximate surface area is 89.0 Å². The van der Waals surface area contributed by atoms with Gasteiger partial charge in [-0.2, -0.15) is 0 Å². The summed E-state index contributed by atoms with van der Waals surface area (Å²) in [4.78, 5) is 0. The molecule has 1 rings (SSSR count). The zero-order valence-corrected chi connectivity index (χ0v) is 10.2. The van der Waals surface area contributed by atoms with Crippen LogP contribution in [0.5, 0.6) is 0 Å². The second-order valence-electron chi connectivity index (χ2n) is 6.31. The van der Waals surface area contributed by atoms with E-state index in [1.165, 1.54) is 19.3 Å². The Balaban J connectivity index is 2.57. The Morgan fingerprint density at radius 2 is 1.71 bits per heavy atom. The molecule has 0 spiro atoms. The van der Waals surface area contributed by atoms with Crippen LogP contribution in [0.4, 0.5) is 0 Å². The van der Waals surface area contributed by atoms with Gasteiger partial charge in [-0.25, -0.2) is 0 Å². The first-order valence-corrected chi connectivity index (χ1v) is 5.69. The second-order valence-corrected chi connectivity index (χ2v) is 6.31. The van der Waals surface area contributed by atoms with E-state index in [1.807, 2.05) is 6.08 Å². The Bertz CT molecular complexity index is 187. The van der Waals surface area contributed by atoms with Crippen molar-refractivity contribution in [2.24, 2.45) is 10.8 Å². The minimum atomic E-state index is 0.487. The van der Waals surface area contributed by atoms with Gasteiger partial charge in [0.25, 0.3) is 0 Å². The molecule has 0 bridgehead atoms. The lowest BCUT2D eigenvalue weighted by Gasteiger charge is -2.45. The number of hydrogen-bond donors (Lipinski definition) is 1. The minimum Gasteiger partial charge on any atom is -0.310 e. The molecule has 0 radical (unpaired) electrons. The summed E-state index contributed by atoms with van der Waals surface area (Å²) in [5, 5.41) is 3.56. The Morgan fingerprint density at radius 1 is 1.21 bits per heavy atom. The molecule has 1 aliphatic carbocycles. The highest BCUT2D eigenvalue weighted by molar-refractivity contribution is 4.92. The predicted molar refractivity (Wildman–Crippen MR) is 63.4 cm³/mol. The van der Waals surface area contributed by atoms with Gasteiger partial charge < -0.3 is 5.32 Å². The topological polar surface area (TPSA) is 12.0 Å². The molecule has 0 atom stereocenters. The number of nitrogens with one attached hydrogen (secondary N) is 1. The number of rotatable bonds is 3. The SMILES string of the molecule is C=CCNC1CC(C)(C)CC(C)(C)C1. The summed E-state index contributed by atoms with van der Waals surface area (Å²) in [6.07, 6.45) is 5.88. The van der Waals surface area contributed by atoms with E-state index in [2.05, 4.69) is 39.6 Å². The van der Waals surface area contributed by atoms with E-state index in [0.717, 1.165) is 6.54 Å². The molecule has 1 N–H and O–H groups in total. The van der Waals surface area contributed by atoms with Gasteiger partial charge in [-0.1, -0.05) is 33.8 Å². The fraction of sp³-hybridized carbons (Fsp3) is 0.846. The van der Waals surface area contributed by atoms with Crippen LogP contribution in [0, 0.1) is 10.8 Å². The van der Waals surface area contributed by atoms with Crippen molar-refractivity contribution in [2.45, 2.75) is 53.0 Å². The lowest BCUT2D eigenvalue weighted by Crippen LogP contribution is -2.43. The van der Waals surface area contributed by atoms with Crippen molar-refractivity contribution in [3.05, 3.63) is 12.7 Å². The van der Waals surface area contributed by atoms with Crippen molar-refractivity contribution in [3.8, 4) is 0 Å². The van der Waals surface area contributed by atoms with Gasteiger partial charge in [0.15, 0.2) is 0 Å². The van der Waals surface area contributed by atoms with Gasteiger partial charge in [0.2, 0.25) is 0 Å². The summed E-state index contributed by atoms with van der Waals surface area (Å²) in [7, 11) is 0. The summed E-state index contributed by atoms with van der Waals surface area (Å²) in [6.45, 7) is 14.2. The minimum absolute atomic E-state index is 0.487. The maximum atomic E-state index is 3.76. The molecule has 82 valence electrons. The van der Waals surface area contributed by atoms with Crippen molar-refractivity contribution in [1.82, 2.24) is 5.32 Å². The normalized spacial score (nSPS) is 26.0. The molecule has 0 aromatic carbocycles. The van der Waals surface area contributed by atoms with Crippen molar-refractivity contribution in [3.63, 3.8) is 0 Å². The maximum absolute atomic E-state index is 3.76. The van der Waals surface area contributed by atoms with Crippen LogP contribution in [0.1, 0.15) is 47.0 Å². The van der Waals surface area contributed by atoms with Crippen LogP contribution < -0.4 is 5.32 Å². The zero-order valence-electron chi connectivity index (χ0n) is 10.2. The van der Waals surface area contributed by atoms with Crippen LogP contribution in [0.25, 0.3) is 0 Å². The average Bonchev–Trinajstić information content (AvgIpc) is 1.94. The standard InChI is InChI=1S/C13H25N/c1-6-7-14-11-8-12(2,3)10-13(4,5)9-11/h6,11,14H,1,7-10H2,2-5H3. The molecule has 0 heterocycles. The highest BCUT2D eigenvalue weighted by atomic mass is 14.9. The van der Waals surface area contributed by atoms with E-state index in [9.17, 15) is 0 Å². The number of hydrogen-bond acceptors (Lipinski definition) is 1. The molecule has 1 aliphatic rings. The monoisotopic (exact) mass is 195 g/mol. The van der Waals surface area contributed by atoms with Gasteiger partial charge in [-0.05, 0) is 30.1 Å². The molecule has 1 nitrogen and oxygen atoms in total. The van der Waals surface area contributed by atoms with E-state index >= 15 is 0 Å². The summed E-state index contributed by atoms with van der Waals surface area (Å²) in [6, 6.07) is 0.673. The molecular formula is C13H25N. The van der Waals surface area contributed by atoms with E-state index < -0.39 is 0 Å². The zero-order chi connectivity index (χ0) is 10.8. The maximum Gasteiger partial charge on any atom is 0.0134 e. The van der Waals surface area contributed by atoms with Gasteiger partial charge in [-0.15, -0.1) is 6.58 Å². The van der Waals surface area contributed by atoms with Crippen molar-refractivity contribution in [2.75, 3.05) is 6.54 Å². The van der Waals surface area contributed by atoms with Gasteiger partial charge >= 0.3 is 0 Å². The second kappa shape index (κ2) is 4.06. The molecule has 0 amide bonds. The van der Waals surface area contributed by atoms with Gasteiger partial charge in [0.05, 0.1) is 0 Å². The molecule has 0 aromatic heterocycles.